The van der Waals surface area contributed by atoms with Gasteiger partial charge in [-0.3, -0.25) is 0 Å². The van der Waals surface area contributed by atoms with E-state index < -0.39 is 6.10 Å². The van der Waals surface area contributed by atoms with Gasteiger partial charge in [0, 0.05) is 17.1 Å². The molecule has 1 aromatic heterocycles. The minimum atomic E-state index is -0.733. The highest BCUT2D eigenvalue weighted by Gasteiger charge is 2.10. The lowest BCUT2D eigenvalue weighted by Gasteiger charge is -2.12. The predicted octanol–water partition coefficient (Wildman–Crippen LogP) is 0.405. The Morgan fingerprint density at radius 2 is 2.12 bits per heavy atom. The van der Waals surface area contributed by atoms with Gasteiger partial charge in [0.05, 0.1) is 19.3 Å². The van der Waals surface area contributed by atoms with Crippen LogP contribution in [0.1, 0.15) is 11.1 Å². The van der Waals surface area contributed by atoms with Crippen molar-refractivity contribution >= 4 is 24.2 Å². The van der Waals surface area contributed by atoms with Crippen molar-refractivity contribution in [1.82, 2.24) is 4.57 Å². The summed E-state index contributed by atoms with van der Waals surface area (Å²) in [6, 6.07) is 4.01. The van der Waals surface area contributed by atoms with Crippen LogP contribution in [-0.2, 0) is 6.54 Å². The first-order valence-corrected chi connectivity index (χ1v) is 5.68. The number of aryl methyl sites for hydroxylation is 2. The fourth-order valence-electron chi connectivity index (χ4n) is 2.13. The standard InChI is InChI=1S/C13H16BNO2/c1-8-5-12-11(9(2)13(8)14)3-4-15(12)6-10(17)7-16/h3-5,10,16-17H,6-7H2,1-2H3/t10-/m1/s1. The van der Waals surface area contributed by atoms with Gasteiger partial charge in [-0.1, -0.05) is 11.0 Å². The number of aromatic nitrogens is 1. The molecule has 2 rings (SSSR count). The van der Waals surface area contributed by atoms with Crippen LogP contribution < -0.4 is 5.46 Å². The van der Waals surface area contributed by atoms with E-state index in [1.165, 1.54) is 0 Å². The van der Waals surface area contributed by atoms with Gasteiger partial charge in [-0.2, -0.15) is 0 Å². The summed E-state index contributed by atoms with van der Waals surface area (Å²) in [7, 11) is 5.99. The molecule has 17 heavy (non-hydrogen) atoms. The minimum Gasteiger partial charge on any atom is -0.394 e. The maximum Gasteiger partial charge on any atom is 0.114 e. The molecule has 0 amide bonds. The number of hydrogen-bond donors (Lipinski definition) is 2. The number of hydrogen-bond acceptors (Lipinski definition) is 2. The molecule has 4 heteroatoms. The molecule has 0 aliphatic heterocycles. The van der Waals surface area contributed by atoms with E-state index in [-0.39, 0.29) is 6.61 Å². The first kappa shape index (κ1) is 12.2. The van der Waals surface area contributed by atoms with Crippen molar-refractivity contribution < 1.29 is 10.2 Å². The van der Waals surface area contributed by atoms with Crippen LogP contribution in [0, 0.1) is 13.8 Å². The average Bonchev–Trinajstić information content (AvgIpc) is 2.69. The van der Waals surface area contributed by atoms with E-state index in [1.807, 2.05) is 36.7 Å². The zero-order chi connectivity index (χ0) is 12.6. The number of fused-ring (bicyclic) bond motifs is 1. The molecule has 0 aliphatic carbocycles. The normalized spacial score (nSPS) is 13.2. The fraction of sp³-hybridized carbons (Fsp3) is 0.385. The molecule has 0 fully saturated rings. The number of aliphatic hydroxyl groups excluding tert-OH is 2. The van der Waals surface area contributed by atoms with Gasteiger partial charge in [0.25, 0.3) is 0 Å². The van der Waals surface area contributed by atoms with Crippen LogP contribution in [0.15, 0.2) is 18.3 Å². The van der Waals surface area contributed by atoms with Crippen molar-refractivity contribution in [2.75, 3.05) is 6.61 Å². The number of rotatable bonds is 3. The van der Waals surface area contributed by atoms with E-state index in [0.717, 1.165) is 27.5 Å². The molecule has 88 valence electrons. The fourth-order valence-corrected chi connectivity index (χ4v) is 2.13. The molecule has 3 nitrogen and oxygen atoms in total. The van der Waals surface area contributed by atoms with Gasteiger partial charge in [-0.25, -0.2) is 0 Å². The molecule has 0 saturated carbocycles. The molecular weight excluding hydrogens is 213 g/mol. The first-order chi connectivity index (χ1) is 8.04. The third-order valence-electron chi connectivity index (χ3n) is 3.21. The molecule has 0 bridgehead atoms. The summed E-state index contributed by atoms with van der Waals surface area (Å²) in [4.78, 5) is 0. The second-order valence-electron chi connectivity index (χ2n) is 4.47. The smallest absolute Gasteiger partial charge is 0.114 e. The van der Waals surface area contributed by atoms with Crippen LogP contribution in [0.5, 0.6) is 0 Å². The molecule has 2 aromatic rings. The Balaban J connectivity index is 2.54. The molecule has 0 unspecified atom stereocenters. The summed E-state index contributed by atoms with van der Waals surface area (Å²) in [5, 5.41) is 19.5. The van der Waals surface area contributed by atoms with Crippen LogP contribution in [0.2, 0.25) is 0 Å². The maximum atomic E-state index is 9.49. The Morgan fingerprint density at radius 3 is 2.76 bits per heavy atom. The van der Waals surface area contributed by atoms with E-state index in [9.17, 15) is 5.11 Å². The lowest BCUT2D eigenvalue weighted by Crippen LogP contribution is -2.19. The van der Waals surface area contributed by atoms with E-state index in [4.69, 9.17) is 13.0 Å². The number of nitrogens with zero attached hydrogens (tertiary/aromatic N) is 1. The van der Waals surface area contributed by atoms with Crippen LogP contribution >= 0.6 is 0 Å². The highest BCUT2D eigenvalue weighted by atomic mass is 16.3. The van der Waals surface area contributed by atoms with Crippen molar-refractivity contribution in [3.63, 3.8) is 0 Å². The molecule has 1 atom stereocenters. The van der Waals surface area contributed by atoms with Crippen molar-refractivity contribution in [2.24, 2.45) is 0 Å². The Labute approximate surface area is 102 Å². The minimum absolute atomic E-state index is 0.230. The molecule has 0 spiro atoms. The van der Waals surface area contributed by atoms with Gasteiger partial charge in [0.15, 0.2) is 0 Å². The molecule has 1 heterocycles. The Morgan fingerprint density at radius 1 is 1.41 bits per heavy atom. The van der Waals surface area contributed by atoms with E-state index in [2.05, 4.69) is 0 Å². The summed E-state index contributed by atoms with van der Waals surface area (Å²) in [6.07, 6.45) is 1.18. The third-order valence-corrected chi connectivity index (χ3v) is 3.21. The number of benzene rings is 1. The largest absolute Gasteiger partial charge is 0.394 e. The molecule has 0 saturated heterocycles. The van der Waals surface area contributed by atoms with E-state index in [1.54, 1.807) is 0 Å². The average molecular weight is 229 g/mol. The van der Waals surface area contributed by atoms with Crippen LogP contribution in [0.3, 0.4) is 0 Å². The summed E-state index contributed by atoms with van der Waals surface area (Å²) >= 11 is 0. The van der Waals surface area contributed by atoms with Gasteiger partial charge >= 0.3 is 0 Å². The molecular formula is C13H16BNO2. The van der Waals surface area contributed by atoms with Gasteiger partial charge < -0.3 is 14.8 Å². The van der Waals surface area contributed by atoms with Crippen LogP contribution in [0.25, 0.3) is 10.9 Å². The molecule has 1 aromatic carbocycles. The third kappa shape index (κ3) is 2.10. The van der Waals surface area contributed by atoms with E-state index >= 15 is 0 Å². The van der Waals surface area contributed by atoms with Crippen molar-refractivity contribution in [2.45, 2.75) is 26.5 Å². The van der Waals surface area contributed by atoms with Gasteiger partial charge in [0.2, 0.25) is 0 Å². The summed E-state index contributed by atoms with van der Waals surface area (Å²) in [6.45, 7) is 4.13. The lowest BCUT2D eigenvalue weighted by molar-refractivity contribution is 0.0822. The monoisotopic (exact) mass is 229 g/mol. The summed E-state index contributed by atoms with van der Waals surface area (Å²) in [5.74, 6) is 0. The van der Waals surface area contributed by atoms with Crippen LogP contribution in [0.4, 0.5) is 0 Å². The van der Waals surface area contributed by atoms with E-state index in [0.29, 0.717) is 6.54 Å². The Kier molecular flexibility index (Phi) is 3.27. The Bertz CT molecular complexity index is 548. The van der Waals surface area contributed by atoms with Gasteiger partial charge in [-0.15, -0.1) is 0 Å². The first-order valence-electron chi connectivity index (χ1n) is 5.68. The molecule has 0 aliphatic rings. The maximum absolute atomic E-state index is 9.49. The van der Waals surface area contributed by atoms with Crippen molar-refractivity contribution in [3.05, 3.63) is 29.5 Å². The zero-order valence-electron chi connectivity index (χ0n) is 10.1. The van der Waals surface area contributed by atoms with Crippen molar-refractivity contribution in [1.29, 1.82) is 0 Å². The highest BCUT2D eigenvalue weighted by molar-refractivity contribution is 6.35. The lowest BCUT2D eigenvalue weighted by atomic mass is 9.85. The quantitative estimate of drug-likeness (QED) is 0.748. The number of aliphatic hydroxyl groups is 2. The zero-order valence-corrected chi connectivity index (χ0v) is 10.1. The van der Waals surface area contributed by atoms with Gasteiger partial charge in [0.1, 0.15) is 7.85 Å². The Hall–Kier alpha value is -1.26. The topological polar surface area (TPSA) is 45.4 Å². The van der Waals surface area contributed by atoms with Crippen LogP contribution in [-0.4, -0.2) is 35.3 Å². The summed E-state index contributed by atoms with van der Waals surface area (Å²) < 4.78 is 1.94. The second-order valence-corrected chi connectivity index (χ2v) is 4.47. The highest BCUT2D eigenvalue weighted by Crippen LogP contribution is 2.20. The second kappa shape index (κ2) is 4.55. The molecule has 2 N–H and O–H groups in total. The van der Waals surface area contributed by atoms with Crippen molar-refractivity contribution in [3.8, 4) is 0 Å². The summed E-state index contributed by atoms with van der Waals surface area (Å²) in [5.41, 5.74) is 3.96. The van der Waals surface area contributed by atoms with Gasteiger partial charge in [-0.05, 0) is 31.5 Å². The molecule has 2 radical (unpaired) electrons. The predicted molar refractivity (Wildman–Crippen MR) is 69.9 cm³/mol. The SMILES string of the molecule is [B]c1c(C)cc2c(ccn2C[C@@H](O)CO)c1C.